The molecule has 1 fully saturated rings. The zero-order valence-electron chi connectivity index (χ0n) is 10.8. The second-order valence-corrected chi connectivity index (χ2v) is 5.03. The van der Waals surface area contributed by atoms with Gasteiger partial charge in [-0.15, -0.1) is 0 Å². The van der Waals surface area contributed by atoms with Crippen LogP contribution in [0.2, 0.25) is 0 Å². The van der Waals surface area contributed by atoms with Gasteiger partial charge in [0.05, 0.1) is 0 Å². The highest BCUT2D eigenvalue weighted by Gasteiger charge is 2.44. The molecule has 1 aromatic rings. The number of hydrogen-bond donors (Lipinski definition) is 1. The molecule has 2 rings (SSSR count). The van der Waals surface area contributed by atoms with Crippen molar-refractivity contribution >= 4 is 11.8 Å². The SMILES string of the molecule is CC1NC(=O)C(C)(C)N(Cc2ccncc2)C1=O. The normalized spacial score (nSPS) is 22.8. The zero-order chi connectivity index (χ0) is 13.3. The maximum absolute atomic E-state index is 12.2. The minimum absolute atomic E-state index is 0.0589. The molecule has 0 aliphatic carbocycles. The summed E-state index contributed by atoms with van der Waals surface area (Å²) in [6.45, 7) is 5.64. The number of nitrogens with zero attached hydrogens (tertiary/aromatic N) is 2. The van der Waals surface area contributed by atoms with Gasteiger partial charge < -0.3 is 10.2 Å². The van der Waals surface area contributed by atoms with E-state index in [-0.39, 0.29) is 11.8 Å². The summed E-state index contributed by atoms with van der Waals surface area (Å²) < 4.78 is 0. The van der Waals surface area contributed by atoms with E-state index in [9.17, 15) is 9.59 Å². The van der Waals surface area contributed by atoms with Crippen LogP contribution in [0.3, 0.4) is 0 Å². The average molecular weight is 247 g/mol. The molecule has 0 bridgehead atoms. The molecule has 5 nitrogen and oxygen atoms in total. The molecular weight excluding hydrogens is 230 g/mol. The predicted molar refractivity (Wildman–Crippen MR) is 66.5 cm³/mol. The Morgan fingerprint density at radius 2 is 1.94 bits per heavy atom. The fourth-order valence-electron chi connectivity index (χ4n) is 2.01. The molecule has 1 N–H and O–H groups in total. The third-order valence-corrected chi connectivity index (χ3v) is 3.30. The van der Waals surface area contributed by atoms with Crippen molar-refractivity contribution in [2.24, 2.45) is 0 Å². The largest absolute Gasteiger partial charge is 0.343 e. The topological polar surface area (TPSA) is 62.3 Å². The Balaban J connectivity index is 2.28. The van der Waals surface area contributed by atoms with Crippen LogP contribution in [0, 0.1) is 0 Å². The molecule has 2 heterocycles. The number of carbonyl (C=O) groups excluding carboxylic acids is 2. The third kappa shape index (κ3) is 2.08. The van der Waals surface area contributed by atoms with E-state index in [0.29, 0.717) is 6.54 Å². The molecular formula is C13H17N3O2. The Kier molecular flexibility index (Phi) is 3.07. The summed E-state index contributed by atoms with van der Waals surface area (Å²) >= 11 is 0. The summed E-state index contributed by atoms with van der Waals surface area (Å²) in [5, 5.41) is 2.69. The van der Waals surface area contributed by atoms with Crippen molar-refractivity contribution in [3.05, 3.63) is 30.1 Å². The van der Waals surface area contributed by atoms with E-state index in [1.165, 1.54) is 0 Å². The molecule has 2 amide bonds. The van der Waals surface area contributed by atoms with Crippen LogP contribution in [0.4, 0.5) is 0 Å². The van der Waals surface area contributed by atoms with E-state index in [0.717, 1.165) is 5.56 Å². The smallest absolute Gasteiger partial charge is 0.246 e. The molecule has 1 saturated heterocycles. The fraction of sp³-hybridized carbons (Fsp3) is 0.462. The lowest BCUT2D eigenvalue weighted by molar-refractivity contribution is -0.155. The number of carbonyl (C=O) groups is 2. The number of pyridine rings is 1. The summed E-state index contributed by atoms with van der Waals surface area (Å²) in [4.78, 5) is 29.7. The number of aromatic nitrogens is 1. The predicted octanol–water partition coefficient (Wildman–Crippen LogP) is 0.707. The van der Waals surface area contributed by atoms with Crippen LogP contribution in [0.1, 0.15) is 26.3 Å². The van der Waals surface area contributed by atoms with E-state index in [4.69, 9.17) is 0 Å². The first-order valence-corrected chi connectivity index (χ1v) is 5.94. The average Bonchev–Trinajstić information content (AvgIpc) is 2.34. The second-order valence-electron chi connectivity index (χ2n) is 5.03. The van der Waals surface area contributed by atoms with Crippen LogP contribution in [0.5, 0.6) is 0 Å². The Bertz CT molecular complexity index is 470. The minimum atomic E-state index is -0.827. The number of rotatable bonds is 2. The van der Waals surface area contributed by atoms with Gasteiger partial charge in [0.1, 0.15) is 11.6 Å². The van der Waals surface area contributed by atoms with Crippen molar-refractivity contribution in [2.45, 2.75) is 38.9 Å². The number of nitrogens with one attached hydrogen (secondary N) is 1. The van der Waals surface area contributed by atoms with Gasteiger partial charge in [-0.25, -0.2) is 0 Å². The lowest BCUT2D eigenvalue weighted by Crippen LogP contribution is -2.67. The molecule has 1 atom stereocenters. The molecule has 1 aromatic heterocycles. The third-order valence-electron chi connectivity index (χ3n) is 3.30. The molecule has 0 spiro atoms. The van der Waals surface area contributed by atoms with Gasteiger partial charge in [0, 0.05) is 18.9 Å². The molecule has 5 heteroatoms. The van der Waals surface area contributed by atoms with Crippen LogP contribution in [-0.2, 0) is 16.1 Å². The summed E-state index contributed by atoms with van der Waals surface area (Å²) in [6.07, 6.45) is 3.36. The standard InChI is InChI=1S/C13H17N3O2/c1-9-11(17)16(13(2,3)12(18)15-9)8-10-4-6-14-7-5-10/h4-7,9H,8H2,1-3H3,(H,15,18). The Morgan fingerprint density at radius 3 is 2.56 bits per heavy atom. The van der Waals surface area contributed by atoms with E-state index < -0.39 is 11.6 Å². The van der Waals surface area contributed by atoms with Crippen LogP contribution in [0.25, 0.3) is 0 Å². The van der Waals surface area contributed by atoms with Gasteiger partial charge in [0.15, 0.2) is 0 Å². The van der Waals surface area contributed by atoms with Crippen molar-refractivity contribution in [3.63, 3.8) is 0 Å². The van der Waals surface area contributed by atoms with Crippen molar-refractivity contribution in [3.8, 4) is 0 Å². The first-order chi connectivity index (χ1) is 8.43. The van der Waals surface area contributed by atoms with Crippen LogP contribution in [-0.4, -0.2) is 33.3 Å². The van der Waals surface area contributed by atoms with Gasteiger partial charge in [0.25, 0.3) is 0 Å². The van der Waals surface area contributed by atoms with Gasteiger partial charge in [-0.1, -0.05) is 0 Å². The summed E-state index contributed by atoms with van der Waals surface area (Å²) in [5.74, 6) is -0.180. The zero-order valence-corrected chi connectivity index (χ0v) is 10.8. The highest BCUT2D eigenvalue weighted by molar-refractivity contribution is 5.99. The van der Waals surface area contributed by atoms with Crippen LogP contribution in [0.15, 0.2) is 24.5 Å². The summed E-state index contributed by atoms with van der Waals surface area (Å²) in [7, 11) is 0. The Labute approximate surface area is 106 Å². The highest BCUT2D eigenvalue weighted by Crippen LogP contribution is 2.23. The molecule has 1 aliphatic rings. The lowest BCUT2D eigenvalue weighted by atomic mass is 9.95. The van der Waals surface area contributed by atoms with Gasteiger partial charge in [-0.2, -0.15) is 0 Å². The van der Waals surface area contributed by atoms with E-state index in [1.807, 2.05) is 12.1 Å². The maximum Gasteiger partial charge on any atom is 0.246 e. The second kappa shape index (κ2) is 4.40. The number of hydrogen-bond acceptors (Lipinski definition) is 3. The molecule has 0 aromatic carbocycles. The van der Waals surface area contributed by atoms with Gasteiger partial charge in [-0.05, 0) is 38.5 Å². The van der Waals surface area contributed by atoms with Crippen LogP contribution >= 0.6 is 0 Å². The summed E-state index contributed by atoms with van der Waals surface area (Å²) in [5.41, 5.74) is 0.140. The molecule has 1 aliphatic heterocycles. The molecule has 1 unspecified atom stereocenters. The maximum atomic E-state index is 12.2. The van der Waals surface area contributed by atoms with Crippen molar-refractivity contribution < 1.29 is 9.59 Å². The highest BCUT2D eigenvalue weighted by atomic mass is 16.2. The first-order valence-electron chi connectivity index (χ1n) is 5.94. The summed E-state index contributed by atoms with van der Waals surface area (Å²) in [6, 6.07) is 3.23. The van der Waals surface area contributed by atoms with Crippen molar-refractivity contribution in [1.82, 2.24) is 15.2 Å². The molecule has 18 heavy (non-hydrogen) atoms. The van der Waals surface area contributed by atoms with Gasteiger partial charge in [0.2, 0.25) is 11.8 Å². The van der Waals surface area contributed by atoms with Crippen molar-refractivity contribution in [1.29, 1.82) is 0 Å². The van der Waals surface area contributed by atoms with Gasteiger partial charge >= 0.3 is 0 Å². The van der Waals surface area contributed by atoms with E-state index >= 15 is 0 Å². The van der Waals surface area contributed by atoms with Crippen LogP contribution < -0.4 is 5.32 Å². The van der Waals surface area contributed by atoms with E-state index in [2.05, 4.69) is 10.3 Å². The lowest BCUT2D eigenvalue weighted by Gasteiger charge is -2.43. The quantitative estimate of drug-likeness (QED) is 0.837. The van der Waals surface area contributed by atoms with Crippen molar-refractivity contribution in [2.75, 3.05) is 0 Å². The number of amides is 2. The fourth-order valence-corrected chi connectivity index (χ4v) is 2.01. The first kappa shape index (κ1) is 12.5. The Hall–Kier alpha value is -1.91. The minimum Gasteiger partial charge on any atom is -0.343 e. The Morgan fingerprint density at radius 1 is 1.33 bits per heavy atom. The molecule has 0 radical (unpaired) electrons. The van der Waals surface area contributed by atoms with E-state index in [1.54, 1.807) is 38.1 Å². The molecule has 96 valence electrons. The monoisotopic (exact) mass is 247 g/mol. The number of piperazine rings is 1. The van der Waals surface area contributed by atoms with Gasteiger partial charge in [-0.3, -0.25) is 14.6 Å². The molecule has 0 saturated carbocycles.